The highest BCUT2D eigenvalue weighted by molar-refractivity contribution is 5.82. The highest BCUT2D eigenvalue weighted by Crippen LogP contribution is 2.17. The highest BCUT2D eigenvalue weighted by atomic mass is 16.6. The number of fused-ring (bicyclic) bond motifs is 1. The molecular formula is C18H23N3O4. The van der Waals surface area contributed by atoms with E-state index in [1.54, 1.807) is 33.9 Å². The van der Waals surface area contributed by atoms with Crippen molar-refractivity contribution in [3.05, 3.63) is 42.1 Å². The molecule has 0 fully saturated rings. The molecule has 0 aliphatic heterocycles. The van der Waals surface area contributed by atoms with Gasteiger partial charge in [-0.05, 0) is 33.8 Å². The zero-order chi connectivity index (χ0) is 18.4. The van der Waals surface area contributed by atoms with Crippen molar-refractivity contribution in [1.82, 2.24) is 15.4 Å². The molecule has 0 spiro atoms. The minimum atomic E-state index is -0.719. The van der Waals surface area contributed by atoms with Gasteiger partial charge >= 0.3 is 12.2 Å². The summed E-state index contributed by atoms with van der Waals surface area (Å²) in [6.07, 6.45) is -0.318. The van der Waals surface area contributed by atoms with E-state index < -0.39 is 12.2 Å². The molecule has 0 aliphatic carbocycles. The van der Waals surface area contributed by atoms with Crippen LogP contribution >= 0.6 is 0 Å². The fourth-order valence-corrected chi connectivity index (χ4v) is 2.23. The summed E-state index contributed by atoms with van der Waals surface area (Å²) in [5.74, 6) is 0. The Labute approximate surface area is 146 Å². The molecule has 7 heteroatoms. The summed E-state index contributed by atoms with van der Waals surface area (Å²) < 4.78 is 10.2. The van der Waals surface area contributed by atoms with Crippen LogP contribution in [0.5, 0.6) is 0 Å². The monoisotopic (exact) mass is 345 g/mol. The molecule has 1 aromatic heterocycles. The number of benzene rings is 1. The molecule has 1 heterocycles. The first kappa shape index (κ1) is 18.5. The van der Waals surface area contributed by atoms with Crippen LogP contribution < -0.4 is 5.43 Å². The lowest BCUT2D eigenvalue weighted by Gasteiger charge is -2.24. The standard InChI is InChI=1S/C18H23N3O4/c1-12(2)24-17(22)20-21(18(23)25-13(3)4)11-15-8-5-7-14-9-6-10-19-16(14)15/h5-10,12-13H,11H2,1-4H3,(H,20,22). The van der Waals surface area contributed by atoms with E-state index in [1.165, 1.54) is 0 Å². The Morgan fingerprint density at radius 3 is 2.44 bits per heavy atom. The van der Waals surface area contributed by atoms with Gasteiger partial charge < -0.3 is 9.47 Å². The normalized spacial score (nSPS) is 10.8. The predicted molar refractivity (Wildman–Crippen MR) is 93.7 cm³/mol. The molecule has 7 nitrogen and oxygen atoms in total. The summed E-state index contributed by atoms with van der Waals surface area (Å²) in [5.41, 5.74) is 3.97. The first-order valence-electron chi connectivity index (χ1n) is 8.15. The van der Waals surface area contributed by atoms with E-state index in [0.29, 0.717) is 0 Å². The minimum Gasteiger partial charge on any atom is -0.446 e. The third-order valence-electron chi connectivity index (χ3n) is 3.17. The molecule has 2 rings (SSSR count). The zero-order valence-electron chi connectivity index (χ0n) is 14.9. The molecule has 0 atom stereocenters. The number of amides is 2. The van der Waals surface area contributed by atoms with Crippen molar-refractivity contribution in [2.75, 3.05) is 0 Å². The first-order chi connectivity index (χ1) is 11.9. The summed E-state index contributed by atoms with van der Waals surface area (Å²) in [6.45, 7) is 7.03. The van der Waals surface area contributed by atoms with Gasteiger partial charge in [0.1, 0.15) is 0 Å². The fraction of sp³-hybridized carbons (Fsp3) is 0.389. The van der Waals surface area contributed by atoms with Gasteiger partial charge in [0.2, 0.25) is 0 Å². The van der Waals surface area contributed by atoms with E-state index >= 15 is 0 Å². The second-order valence-corrected chi connectivity index (χ2v) is 6.08. The number of carbonyl (C=O) groups excluding carboxylic acids is 2. The largest absolute Gasteiger partial charge is 0.446 e. The van der Waals surface area contributed by atoms with Gasteiger partial charge in [-0.1, -0.05) is 24.3 Å². The molecule has 25 heavy (non-hydrogen) atoms. The Hall–Kier alpha value is -2.83. The number of carbonyl (C=O) groups is 2. The van der Waals surface area contributed by atoms with Crippen LogP contribution in [0.25, 0.3) is 10.9 Å². The van der Waals surface area contributed by atoms with Gasteiger partial charge in [0.15, 0.2) is 0 Å². The zero-order valence-corrected chi connectivity index (χ0v) is 14.9. The van der Waals surface area contributed by atoms with Crippen molar-refractivity contribution in [2.45, 2.75) is 46.4 Å². The lowest BCUT2D eigenvalue weighted by Crippen LogP contribution is -2.47. The van der Waals surface area contributed by atoms with Gasteiger partial charge in [0.25, 0.3) is 0 Å². The molecule has 1 N–H and O–H groups in total. The van der Waals surface area contributed by atoms with E-state index in [0.717, 1.165) is 21.5 Å². The van der Waals surface area contributed by atoms with Crippen molar-refractivity contribution in [3.63, 3.8) is 0 Å². The number of nitrogens with one attached hydrogen (secondary N) is 1. The lowest BCUT2D eigenvalue weighted by atomic mass is 10.1. The third-order valence-corrected chi connectivity index (χ3v) is 3.17. The predicted octanol–water partition coefficient (Wildman–Crippen LogP) is 3.63. The van der Waals surface area contributed by atoms with Crippen LogP contribution in [0.2, 0.25) is 0 Å². The topological polar surface area (TPSA) is 80.8 Å². The molecule has 0 saturated carbocycles. The number of hydrogen-bond acceptors (Lipinski definition) is 5. The molecule has 0 bridgehead atoms. The van der Waals surface area contributed by atoms with Gasteiger partial charge in [-0.3, -0.25) is 4.98 Å². The molecule has 0 saturated heterocycles. The van der Waals surface area contributed by atoms with Crippen LogP contribution in [0.15, 0.2) is 36.5 Å². The van der Waals surface area contributed by atoms with Gasteiger partial charge in [-0.15, -0.1) is 0 Å². The minimum absolute atomic E-state index is 0.104. The summed E-state index contributed by atoms with van der Waals surface area (Å²) in [5, 5.41) is 2.04. The van der Waals surface area contributed by atoms with Crippen LogP contribution in [0, 0.1) is 0 Å². The Morgan fingerprint density at radius 2 is 1.76 bits per heavy atom. The number of rotatable bonds is 4. The average Bonchev–Trinajstić information content (AvgIpc) is 2.53. The Bertz CT molecular complexity index is 741. The number of para-hydroxylation sites is 1. The molecular weight excluding hydrogens is 322 g/mol. The Morgan fingerprint density at radius 1 is 1.08 bits per heavy atom. The average molecular weight is 345 g/mol. The first-order valence-corrected chi connectivity index (χ1v) is 8.15. The molecule has 2 aromatic rings. The van der Waals surface area contributed by atoms with E-state index in [1.807, 2.05) is 30.3 Å². The number of nitrogens with zero attached hydrogens (tertiary/aromatic N) is 2. The molecule has 0 unspecified atom stereocenters. The molecule has 0 radical (unpaired) electrons. The van der Waals surface area contributed by atoms with Crippen LogP contribution in [0.4, 0.5) is 9.59 Å². The number of pyridine rings is 1. The van der Waals surface area contributed by atoms with Crippen molar-refractivity contribution in [1.29, 1.82) is 0 Å². The number of hydrazine groups is 1. The van der Waals surface area contributed by atoms with Crippen LogP contribution in [-0.2, 0) is 16.0 Å². The highest BCUT2D eigenvalue weighted by Gasteiger charge is 2.21. The van der Waals surface area contributed by atoms with E-state index in [9.17, 15) is 9.59 Å². The fourth-order valence-electron chi connectivity index (χ4n) is 2.23. The summed E-state index contributed by atoms with van der Waals surface area (Å²) >= 11 is 0. The molecule has 2 amide bonds. The van der Waals surface area contributed by atoms with Crippen LogP contribution in [-0.4, -0.2) is 34.4 Å². The second-order valence-electron chi connectivity index (χ2n) is 6.08. The van der Waals surface area contributed by atoms with Gasteiger partial charge in [0, 0.05) is 17.1 Å². The quantitative estimate of drug-likeness (QED) is 0.856. The Kier molecular flexibility index (Phi) is 6.16. The van der Waals surface area contributed by atoms with E-state index in [4.69, 9.17) is 9.47 Å². The summed E-state index contributed by atoms with van der Waals surface area (Å²) in [4.78, 5) is 28.6. The van der Waals surface area contributed by atoms with Crippen molar-refractivity contribution in [3.8, 4) is 0 Å². The van der Waals surface area contributed by atoms with Gasteiger partial charge in [0.05, 0.1) is 24.3 Å². The number of aromatic nitrogens is 1. The SMILES string of the molecule is CC(C)OC(=O)NN(Cc1cccc2cccnc12)C(=O)OC(C)C. The van der Waals surface area contributed by atoms with Crippen molar-refractivity contribution in [2.24, 2.45) is 0 Å². The number of ether oxygens (including phenoxy) is 2. The lowest BCUT2D eigenvalue weighted by molar-refractivity contribution is 0.0445. The summed E-state index contributed by atoms with van der Waals surface area (Å²) in [7, 11) is 0. The van der Waals surface area contributed by atoms with Crippen molar-refractivity contribution < 1.29 is 19.1 Å². The van der Waals surface area contributed by atoms with Gasteiger partial charge in [-0.25, -0.2) is 20.0 Å². The smallest absolute Gasteiger partial charge is 0.429 e. The van der Waals surface area contributed by atoms with E-state index in [2.05, 4.69) is 10.4 Å². The summed E-state index contributed by atoms with van der Waals surface area (Å²) in [6, 6.07) is 9.43. The van der Waals surface area contributed by atoms with Crippen LogP contribution in [0.3, 0.4) is 0 Å². The van der Waals surface area contributed by atoms with Crippen LogP contribution in [0.1, 0.15) is 33.3 Å². The van der Waals surface area contributed by atoms with Crippen molar-refractivity contribution >= 4 is 23.1 Å². The molecule has 134 valence electrons. The second kappa shape index (κ2) is 8.32. The Balaban J connectivity index is 2.24. The van der Waals surface area contributed by atoms with E-state index in [-0.39, 0.29) is 18.8 Å². The maximum absolute atomic E-state index is 12.3. The third kappa shape index (κ3) is 5.34. The van der Waals surface area contributed by atoms with Gasteiger partial charge in [-0.2, -0.15) is 0 Å². The molecule has 0 aliphatic rings. The molecule has 1 aromatic carbocycles. The maximum atomic E-state index is 12.3. The number of hydrogen-bond donors (Lipinski definition) is 1. The maximum Gasteiger partial charge on any atom is 0.429 e.